The Labute approximate surface area is 132 Å². The molecular formula is C18H24ClFO. The molecule has 116 valence electrons. The highest BCUT2D eigenvalue weighted by atomic mass is 35.5. The SMILES string of the molecule is C#C/C(C)=C/C/C=C(\C)OCC1CC/C=C(/Cl)CCC1F. The van der Waals surface area contributed by atoms with Crippen molar-refractivity contribution in [1.82, 2.24) is 0 Å². The number of halogens is 2. The second kappa shape index (κ2) is 9.68. The van der Waals surface area contributed by atoms with Gasteiger partial charge in [-0.3, -0.25) is 0 Å². The molecule has 0 aromatic carbocycles. The molecule has 0 aromatic heterocycles. The first kappa shape index (κ1) is 17.9. The zero-order valence-electron chi connectivity index (χ0n) is 12.9. The third-order valence-electron chi connectivity index (χ3n) is 3.66. The highest BCUT2D eigenvalue weighted by molar-refractivity contribution is 6.29. The van der Waals surface area contributed by atoms with E-state index in [2.05, 4.69) is 5.92 Å². The van der Waals surface area contributed by atoms with Crippen LogP contribution in [0.1, 0.15) is 46.0 Å². The van der Waals surface area contributed by atoms with Crippen LogP contribution in [0.2, 0.25) is 0 Å². The predicted molar refractivity (Wildman–Crippen MR) is 87.7 cm³/mol. The molecule has 2 unspecified atom stereocenters. The number of hydrogen-bond acceptors (Lipinski definition) is 1. The number of ether oxygens (including phenoxy) is 1. The highest BCUT2D eigenvalue weighted by Gasteiger charge is 2.23. The average molecular weight is 311 g/mol. The fourth-order valence-electron chi connectivity index (χ4n) is 2.19. The second-order valence-corrected chi connectivity index (χ2v) is 5.92. The van der Waals surface area contributed by atoms with Gasteiger partial charge in [0, 0.05) is 11.0 Å². The maximum atomic E-state index is 14.1. The van der Waals surface area contributed by atoms with Gasteiger partial charge in [0.25, 0.3) is 0 Å². The molecule has 1 aliphatic carbocycles. The first-order chi connectivity index (χ1) is 10.0. The molecule has 0 N–H and O–H groups in total. The Kier molecular flexibility index (Phi) is 8.23. The Bertz CT molecular complexity index is 456. The van der Waals surface area contributed by atoms with Crippen LogP contribution in [0.5, 0.6) is 0 Å². The molecule has 0 heterocycles. The van der Waals surface area contributed by atoms with Crippen LogP contribution in [0.3, 0.4) is 0 Å². The van der Waals surface area contributed by atoms with Crippen molar-refractivity contribution in [1.29, 1.82) is 0 Å². The van der Waals surface area contributed by atoms with Crippen molar-refractivity contribution in [2.45, 2.75) is 52.1 Å². The molecule has 1 aliphatic rings. The predicted octanol–water partition coefficient (Wildman–Crippen LogP) is 5.53. The molecule has 0 radical (unpaired) electrons. The minimum Gasteiger partial charge on any atom is -0.498 e. The van der Waals surface area contributed by atoms with Crippen molar-refractivity contribution in [3.05, 3.63) is 34.6 Å². The smallest absolute Gasteiger partial charge is 0.107 e. The summed E-state index contributed by atoms with van der Waals surface area (Å²) in [6, 6.07) is 0. The molecule has 0 saturated carbocycles. The molecule has 1 nitrogen and oxygen atoms in total. The normalized spacial score (nSPS) is 27.1. The quantitative estimate of drug-likeness (QED) is 0.479. The monoisotopic (exact) mass is 310 g/mol. The van der Waals surface area contributed by atoms with Gasteiger partial charge < -0.3 is 4.74 Å². The van der Waals surface area contributed by atoms with Crippen molar-refractivity contribution < 1.29 is 9.13 Å². The van der Waals surface area contributed by atoms with Gasteiger partial charge in [0.05, 0.1) is 12.4 Å². The van der Waals surface area contributed by atoms with Crippen molar-refractivity contribution in [2.24, 2.45) is 5.92 Å². The van der Waals surface area contributed by atoms with Crippen LogP contribution in [0.4, 0.5) is 4.39 Å². The first-order valence-electron chi connectivity index (χ1n) is 7.44. The van der Waals surface area contributed by atoms with Crippen LogP contribution in [0.15, 0.2) is 34.6 Å². The van der Waals surface area contributed by atoms with Crippen LogP contribution in [0.25, 0.3) is 0 Å². The number of allylic oxidation sites excluding steroid dienone is 6. The van der Waals surface area contributed by atoms with Crippen LogP contribution in [-0.2, 0) is 4.74 Å². The van der Waals surface area contributed by atoms with Crippen molar-refractivity contribution in [3.8, 4) is 12.3 Å². The molecule has 0 amide bonds. The van der Waals surface area contributed by atoms with Gasteiger partial charge in [-0.05, 0) is 57.6 Å². The maximum Gasteiger partial charge on any atom is 0.107 e. The Morgan fingerprint density at radius 2 is 2.24 bits per heavy atom. The lowest BCUT2D eigenvalue weighted by Gasteiger charge is -2.23. The molecule has 1 rings (SSSR count). The Morgan fingerprint density at radius 3 is 2.95 bits per heavy atom. The Morgan fingerprint density at radius 1 is 1.48 bits per heavy atom. The second-order valence-electron chi connectivity index (χ2n) is 5.44. The number of terminal acetylenes is 1. The lowest BCUT2D eigenvalue weighted by Crippen LogP contribution is -2.22. The van der Waals surface area contributed by atoms with E-state index in [9.17, 15) is 4.39 Å². The summed E-state index contributed by atoms with van der Waals surface area (Å²) in [4.78, 5) is 0. The van der Waals surface area contributed by atoms with E-state index in [1.165, 1.54) is 0 Å². The molecule has 0 fully saturated rings. The molecule has 0 spiro atoms. The van der Waals surface area contributed by atoms with Gasteiger partial charge in [-0.15, -0.1) is 6.42 Å². The standard InChI is InChI=1S/C18H24ClFO/c1-4-14(2)7-5-8-15(3)21-13-16-9-6-10-17(19)11-12-18(16)20/h1,7-8,10,16,18H,5-6,9,11-13H2,2-3H3/b14-7+,15-8+,17-10+. The lowest BCUT2D eigenvalue weighted by atomic mass is 9.93. The van der Waals surface area contributed by atoms with E-state index in [0.29, 0.717) is 19.4 Å². The van der Waals surface area contributed by atoms with E-state index in [1.807, 2.05) is 32.1 Å². The van der Waals surface area contributed by atoms with Gasteiger partial charge >= 0.3 is 0 Å². The molecule has 0 bridgehead atoms. The van der Waals surface area contributed by atoms with E-state index in [1.54, 1.807) is 0 Å². The minimum atomic E-state index is -0.844. The van der Waals surface area contributed by atoms with Crippen LogP contribution >= 0.6 is 11.6 Å². The summed E-state index contributed by atoms with van der Waals surface area (Å²) in [5.41, 5.74) is 0.909. The fraction of sp³-hybridized carbons (Fsp3) is 0.556. The van der Waals surface area contributed by atoms with E-state index in [0.717, 1.165) is 35.6 Å². The minimum absolute atomic E-state index is 0.0580. The molecule has 0 aromatic rings. The topological polar surface area (TPSA) is 9.23 Å². The van der Waals surface area contributed by atoms with Gasteiger partial charge in [-0.1, -0.05) is 29.7 Å². The summed E-state index contributed by atoms with van der Waals surface area (Å²) in [6.07, 6.45) is 13.8. The average Bonchev–Trinajstić information content (AvgIpc) is 2.46. The van der Waals surface area contributed by atoms with Crippen LogP contribution in [-0.4, -0.2) is 12.8 Å². The summed E-state index contributed by atoms with van der Waals surface area (Å²) < 4.78 is 19.8. The van der Waals surface area contributed by atoms with Gasteiger partial charge in [-0.2, -0.15) is 0 Å². The summed E-state index contributed by atoms with van der Waals surface area (Å²) in [5, 5.41) is 0.781. The third-order valence-corrected chi connectivity index (χ3v) is 4.00. The third kappa shape index (κ3) is 7.39. The molecule has 0 saturated heterocycles. The van der Waals surface area contributed by atoms with Crippen molar-refractivity contribution in [3.63, 3.8) is 0 Å². The van der Waals surface area contributed by atoms with E-state index < -0.39 is 6.17 Å². The zero-order chi connectivity index (χ0) is 15.7. The first-order valence-corrected chi connectivity index (χ1v) is 7.82. The number of alkyl halides is 1. The number of hydrogen-bond donors (Lipinski definition) is 0. The molecular weight excluding hydrogens is 287 g/mol. The highest BCUT2D eigenvalue weighted by Crippen LogP contribution is 2.27. The molecule has 2 atom stereocenters. The van der Waals surface area contributed by atoms with Crippen molar-refractivity contribution >= 4 is 11.6 Å². The lowest BCUT2D eigenvalue weighted by molar-refractivity contribution is 0.0975. The summed E-state index contributed by atoms with van der Waals surface area (Å²) in [5.74, 6) is 3.33. The zero-order valence-corrected chi connectivity index (χ0v) is 13.6. The number of rotatable bonds is 5. The fourth-order valence-corrected chi connectivity index (χ4v) is 2.41. The van der Waals surface area contributed by atoms with Crippen LogP contribution in [0, 0.1) is 18.3 Å². The van der Waals surface area contributed by atoms with E-state index >= 15 is 0 Å². The van der Waals surface area contributed by atoms with Gasteiger partial charge in [0.2, 0.25) is 0 Å². The summed E-state index contributed by atoms with van der Waals surface area (Å²) in [6.45, 7) is 4.21. The summed E-state index contributed by atoms with van der Waals surface area (Å²) in [7, 11) is 0. The van der Waals surface area contributed by atoms with E-state index in [4.69, 9.17) is 22.8 Å². The summed E-state index contributed by atoms with van der Waals surface area (Å²) >= 11 is 5.96. The molecule has 21 heavy (non-hydrogen) atoms. The van der Waals surface area contributed by atoms with Crippen molar-refractivity contribution in [2.75, 3.05) is 6.61 Å². The van der Waals surface area contributed by atoms with Crippen LogP contribution < -0.4 is 0 Å². The Balaban J connectivity index is 2.42. The maximum absolute atomic E-state index is 14.1. The van der Waals surface area contributed by atoms with Gasteiger partial charge in [0.15, 0.2) is 0 Å². The Hall–Kier alpha value is -1.20. The largest absolute Gasteiger partial charge is 0.498 e. The van der Waals surface area contributed by atoms with Gasteiger partial charge in [-0.25, -0.2) is 4.39 Å². The molecule has 0 aliphatic heterocycles. The van der Waals surface area contributed by atoms with Gasteiger partial charge in [0.1, 0.15) is 6.17 Å². The molecule has 3 heteroatoms. The van der Waals surface area contributed by atoms with E-state index in [-0.39, 0.29) is 5.92 Å².